The molecule has 1 aliphatic rings. The summed E-state index contributed by atoms with van der Waals surface area (Å²) in [5.74, 6) is 3.07. The van der Waals surface area contributed by atoms with Crippen LogP contribution < -0.4 is 10.6 Å². The molecule has 0 amide bonds. The number of guanidine groups is 1. The Morgan fingerprint density at radius 3 is 2.74 bits per heavy atom. The van der Waals surface area contributed by atoms with Gasteiger partial charge >= 0.3 is 0 Å². The normalized spacial score (nSPS) is 19.8. The minimum atomic E-state index is 0. The van der Waals surface area contributed by atoms with Crippen LogP contribution >= 0.6 is 24.0 Å². The molecular weight excluding hydrogens is 403 g/mol. The lowest BCUT2D eigenvalue weighted by Crippen LogP contribution is -2.38. The number of aromatic nitrogens is 3. The van der Waals surface area contributed by atoms with Crippen LogP contribution in [0.3, 0.4) is 0 Å². The van der Waals surface area contributed by atoms with Crippen molar-refractivity contribution in [3.63, 3.8) is 0 Å². The van der Waals surface area contributed by atoms with Crippen LogP contribution in [0.15, 0.2) is 41.7 Å². The van der Waals surface area contributed by atoms with Crippen LogP contribution in [0.2, 0.25) is 0 Å². The summed E-state index contributed by atoms with van der Waals surface area (Å²) in [6.07, 6.45) is 2.80. The van der Waals surface area contributed by atoms with Gasteiger partial charge in [0.05, 0.1) is 6.54 Å². The summed E-state index contributed by atoms with van der Waals surface area (Å²) in [6.45, 7) is 1.56. The highest BCUT2D eigenvalue weighted by molar-refractivity contribution is 14.0. The zero-order chi connectivity index (χ0) is 15.4. The monoisotopic (exact) mass is 426 g/mol. The molecule has 0 aliphatic heterocycles. The third-order valence-electron chi connectivity index (χ3n) is 4.12. The van der Waals surface area contributed by atoms with E-state index in [1.54, 1.807) is 18.1 Å². The molecule has 0 bridgehead atoms. The first kappa shape index (κ1) is 17.7. The first-order valence-electron chi connectivity index (χ1n) is 7.60. The molecule has 0 saturated heterocycles. The average Bonchev–Trinajstić information content (AvgIpc) is 3.22. The van der Waals surface area contributed by atoms with Crippen LogP contribution in [0.4, 0.5) is 0 Å². The summed E-state index contributed by atoms with van der Waals surface area (Å²) in [5.41, 5.74) is 1.44. The van der Waals surface area contributed by atoms with Gasteiger partial charge in [-0.1, -0.05) is 30.3 Å². The summed E-state index contributed by atoms with van der Waals surface area (Å²) >= 11 is 0. The number of aliphatic imine (C=N–C) groups is 1. The van der Waals surface area contributed by atoms with Gasteiger partial charge in [-0.25, -0.2) is 4.98 Å². The van der Waals surface area contributed by atoms with Crippen LogP contribution in [0.25, 0.3) is 0 Å². The fraction of sp³-hybridized carbons (Fsp3) is 0.438. The van der Waals surface area contributed by atoms with Crippen molar-refractivity contribution < 1.29 is 0 Å². The third kappa shape index (κ3) is 4.66. The fourth-order valence-electron chi connectivity index (χ4n) is 2.67. The number of hydrogen-bond donors (Lipinski definition) is 2. The second-order valence-electron chi connectivity index (χ2n) is 5.62. The van der Waals surface area contributed by atoms with E-state index >= 15 is 0 Å². The predicted molar refractivity (Wildman–Crippen MR) is 102 cm³/mol. The number of rotatable bonds is 5. The Kier molecular flexibility index (Phi) is 6.37. The van der Waals surface area contributed by atoms with Gasteiger partial charge in [-0.05, 0) is 23.8 Å². The average molecular weight is 426 g/mol. The van der Waals surface area contributed by atoms with Gasteiger partial charge < -0.3 is 10.6 Å². The molecular formula is C16H23IN6. The molecule has 7 heteroatoms. The van der Waals surface area contributed by atoms with Crippen molar-refractivity contribution in [2.45, 2.75) is 18.9 Å². The maximum absolute atomic E-state index is 4.25. The summed E-state index contributed by atoms with van der Waals surface area (Å²) in [4.78, 5) is 8.44. The smallest absolute Gasteiger partial charge is 0.191 e. The van der Waals surface area contributed by atoms with E-state index in [0.29, 0.717) is 18.4 Å². The molecule has 3 rings (SSSR count). The zero-order valence-electron chi connectivity index (χ0n) is 13.4. The van der Waals surface area contributed by atoms with Crippen molar-refractivity contribution in [3.05, 3.63) is 48.0 Å². The largest absolute Gasteiger partial charge is 0.356 e. The van der Waals surface area contributed by atoms with Crippen LogP contribution in [-0.4, -0.2) is 34.3 Å². The minimum absolute atomic E-state index is 0. The number of benzene rings is 1. The number of halogens is 1. The molecule has 2 aromatic rings. The highest BCUT2D eigenvalue weighted by Gasteiger charge is 2.37. The van der Waals surface area contributed by atoms with Crippen molar-refractivity contribution >= 4 is 29.9 Å². The molecule has 1 saturated carbocycles. The lowest BCUT2D eigenvalue weighted by atomic mass is 10.1. The Hall–Kier alpha value is -1.64. The first-order chi connectivity index (χ1) is 10.8. The van der Waals surface area contributed by atoms with Gasteiger partial charge in [-0.2, -0.15) is 5.10 Å². The number of nitrogens with one attached hydrogen (secondary N) is 2. The van der Waals surface area contributed by atoms with Gasteiger partial charge in [0, 0.05) is 20.6 Å². The van der Waals surface area contributed by atoms with E-state index in [1.165, 1.54) is 12.0 Å². The fourth-order valence-corrected chi connectivity index (χ4v) is 2.67. The molecule has 1 aromatic heterocycles. The molecule has 124 valence electrons. The molecule has 0 radical (unpaired) electrons. The SMILES string of the molecule is CN=C(NCc1ncnn1C)NCC1CC1c1ccccc1.I. The van der Waals surface area contributed by atoms with E-state index < -0.39 is 0 Å². The maximum Gasteiger partial charge on any atom is 0.191 e. The molecule has 1 aliphatic carbocycles. The molecule has 1 aromatic carbocycles. The first-order valence-corrected chi connectivity index (χ1v) is 7.60. The van der Waals surface area contributed by atoms with Crippen molar-refractivity contribution in [1.29, 1.82) is 0 Å². The molecule has 23 heavy (non-hydrogen) atoms. The van der Waals surface area contributed by atoms with Crippen molar-refractivity contribution in [2.24, 2.45) is 18.0 Å². The Labute approximate surface area is 153 Å². The second-order valence-corrected chi connectivity index (χ2v) is 5.62. The van der Waals surface area contributed by atoms with Gasteiger partial charge in [-0.3, -0.25) is 9.67 Å². The number of nitrogens with zero attached hydrogens (tertiary/aromatic N) is 4. The number of hydrogen-bond acceptors (Lipinski definition) is 3. The van der Waals surface area contributed by atoms with Gasteiger partial charge in [0.15, 0.2) is 5.96 Å². The van der Waals surface area contributed by atoms with E-state index in [-0.39, 0.29) is 24.0 Å². The lowest BCUT2D eigenvalue weighted by molar-refractivity contribution is 0.665. The van der Waals surface area contributed by atoms with Crippen LogP contribution in [0, 0.1) is 5.92 Å². The topological polar surface area (TPSA) is 67.1 Å². The summed E-state index contributed by atoms with van der Waals surface area (Å²) in [5, 5.41) is 10.7. The van der Waals surface area contributed by atoms with Crippen LogP contribution in [0.5, 0.6) is 0 Å². The van der Waals surface area contributed by atoms with E-state index in [9.17, 15) is 0 Å². The highest BCUT2D eigenvalue weighted by atomic mass is 127. The van der Waals surface area contributed by atoms with Gasteiger partial charge in [-0.15, -0.1) is 24.0 Å². The highest BCUT2D eigenvalue weighted by Crippen LogP contribution is 2.46. The Balaban J connectivity index is 0.00000192. The molecule has 2 atom stereocenters. The number of aryl methyl sites for hydroxylation is 1. The van der Waals surface area contributed by atoms with Crippen molar-refractivity contribution in [3.8, 4) is 0 Å². The lowest BCUT2D eigenvalue weighted by Gasteiger charge is -2.11. The molecule has 1 heterocycles. The van der Waals surface area contributed by atoms with Crippen molar-refractivity contribution in [1.82, 2.24) is 25.4 Å². The van der Waals surface area contributed by atoms with Crippen LogP contribution in [-0.2, 0) is 13.6 Å². The van der Waals surface area contributed by atoms with E-state index in [2.05, 4.69) is 56.0 Å². The Bertz CT molecular complexity index is 639. The zero-order valence-corrected chi connectivity index (χ0v) is 15.8. The standard InChI is InChI=1S/C16H22N6.HI/c1-17-16(19-10-15-20-11-21-22(15)2)18-9-13-8-14(13)12-6-4-3-5-7-12;/h3-7,11,13-14H,8-10H2,1-2H3,(H2,17,18,19);1H. The third-order valence-corrected chi connectivity index (χ3v) is 4.12. The summed E-state index contributed by atoms with van der Waals surface area (Å²) in [7, 11) is 3.67. The second kappa shape index (κ2) is 8.28. The Morgan fingerprint density at radius 1 is 1.30 bits per heavy atom. The maximum atomic E-state index is 4.25. The molecule has 0 spiro atoms. The van der Waals surface area contributed by atoms with Gasteiger partial charge in [0.2, 0.25) is 0 Å². The van der Waals surface area contributed by atoms with E-state index in [4.69, 9.17) is 0 Å². The minimum Gasteiger partial charge on any atom is -0.356 e. The van der Waals surface area contributed by atoms with E-state index in [1.807, 2.05) is 7.05 Å². The molecule has 6 nitrogen and oxygen atoms in total. The van der Waals surface area contributed by atoms with Gasteiger partial charge in [0.1, 0.15) is 12.2 Å². The van der Waals surface area contributed by atoms with Crippen molar-refractivity contribution in [2.75, 3.05) is 13.6 Å². The quantitative estimate of drug-likeness (QED) is 0.436. The summed E-state index contributed by atoms with van der Waals surface area (Å²) < 4.78 is 1.76. The molecule has 2 N–H and O–H groups in total. The molecule has 1 fully saturated rings. The van der Waals surface area contributed by atoms with Crippen LogP contribution in [0.1, 0.15) is 23.7 Å². The molecule has 2 unspecified atom stereocenters. The van der Waals surface area contributed by atoms with E-state index in [0.717, 1.165) is 18.3 Å². The summed E-state index contributed by atoms with van der Waals surface area (Å²) in [6, 6.07) is 10.7. The predicted octanol–water partition coefficient (Wildman–Crippen LogP) is 1.90. The van der Waals surface area contributed by atoms with Gasteiger partial charge in [0.25, 0.3) is 0 Å². The Morgan fingerprint density at radius 2 is 2.09 bits per heavy atom.